The SMILES string of the molecule is C=Cc1cccc2c1[SH+]c1c(F)c(F)c(F)c(F)c1S2.F[B-](F)(F)F. The molecule has 0 spiro atoms. The molecule has 0 saturated heterocycles. The van der Waals surface area contributed by atoms with Gasteiger partial charge in [0.1, 0.15) is 4.90 Å². The molecule has 0 saturated carbocycles. The summed E-state index contributed by atoms with van der Waals surface area (Å²) in [4.78, 5) is 1.02. The van der Waals surface area contributed by atoms with Crippen LogP contribution in [0.4, 0.5) is 34.8 Å². The highest BCUT2D eigenvalue weighted by Gasteiger charge is 2.36. The molecule has 2 aromatic rings. The molecule has 134 valence electrons. The Hall–Kier alpha value is -1.62. The summed E-state index contributed by atoms with van der Waals surface area (Å²) in [6.07, 6.45) is 1.59. The zero-order chi connectivity index (χ0) is 18.9. The number of hydrogen-bond acceptors (Lipinski definition) is 1. The molecule has 0 atom stereocenters. The third kappa shape index (κ3) is 4.32. The molecule has 11 heteroatoms. The third-order valence-electron chi connectivity index (χ3n) is 2.89. The van der Waals surface area contributed by atoms with E-state index in [-0.39, 0.29) is 9.79 Å². The summed E-state index contributed by atoms with van der Waals surface area (Å²) in [6.45, 7) is 3.65. The second-order valence-corrected chi connectivity index (χ2v) is 6.71. The van der Waals surface area contributed by atoms with Gasteiger partial charge >= 0.3 is 7.25 Å². The van der Waals surface area contributed by atoms with Gasteiger partial charge in [0, 0.05) is 5.56 Å². The smallest absolute Gasteiger partial charge is 0.418 e. The monoisotopic (exact) mass is 402 g/mol. The van der Waals surface area contributed by atoms with Crippen LogP contribution >= 0.6 is 11.8 Å². The van der Waals surface area contributed by atoms with Crippen LogP contribution < -0.4 is 0 Å². The Morgan fingerprint density at radius 1 is 0.880 bits per heavy atom. The fraction of sp³-hybridized carbons (Fsp3) is 0. The molecule has 0 fully saturated rings. The maximum Gasteiger partial charge on any atom is 0.673 e. The Labute approximate surface area is 145 Å². The van der Waals surface area contributed by atoms with Gasteiger partial charge in [-0.05, 0) is 12.1 Å². The minimum atomic E-state index is -6.00. The van der Waals surface area contributed by atoms with E-state index < -0.39 is 30.5 Å². The lowest BCUT2D eigenvalue weighted by Crippen LogP contribution is -2.09. The lowest BCUT2D eigenvalue weighted by atomic mass is 10.2. The van der Waals surface area contributed by atoms with E-state index in [4.69, 9.17) is 0 Å². The van der Waals surface area contributed by atoms with Crippen molar-refractivity contribution in [2.75, 3.05) is 0 Å². The predicted molar refractivity (Wildman–Crippen MR) is 82.4 cm³/mol. The van der Waals surface area contributed by atoms with Crippen molar-refractivity contribution in [1.29, 1.82) is 0 Å². The topological polar surface area (TPSA) is 0 Å². The van der Waals surface area contributed by atoms with Crippen LogP contribution in [-0.4, -0.2) is 7.25 Å². The van der Waals surface area contributed by atoms with Crippen LogP contribution in [0.1, 0.15) is 5.56 Å². The molecule has 0 bridgehead atoms. The highest BCUT2D eigenvalue weighted by atomic mass is 32.2. The summed E-state index contributed by atoms with van der Waals surface area (Å²) in [5.74, 6) is -6.22. The molecule has 0 aliphatic carbocycles. The van der Waals surface area contributed by atoms with Crippen molar-refractivity contribution in [3.63, 3.8) is 0 Å². The minimum absolute atomic E-state index is 0.173. The van der Waals surface area contributed by atoms with Crippen molar-refractivity contribution in [2.45, 2.75) is 19.6 Å². The third-order valence-corrected chi connectivity index (χ3v) is 5.70. The maximum atomic E-state index is 13.8. The average Bonchev–Trinajstić information content (AvgIpc) is 2.54. The van der Waals surface area contributed by atoms with Gasteiger partial charge in [0.05, 0.1) is 16.7 Å². The van der Waals surface area contributed by atoms with Gasteiger partial charge in [-0.15, -0.1) is 0 Å². The molecular formula is C14H7BF8S2. The van der Waals surface area contributed by atoms with Crippen LogP contribution in [0.5, 0.6) is 0 Å². The van der Waals surface area contributed by atoms with Gasteiger partial charge in [-0.25, -0.2) is 13.2 Å². The molecule has 0 amide bonds. The Morgan fingerprint density at radius 3 is 2.00 bits per heavy atom. The number of fused-ring (bicyclic) bond motifs is 2. The molecule has 0 nitrogen and oxygen atoms in total. The molecule has 1 aliphatic heterocycles. The quantitative estimate of drug-likeness (QED) is 0.122. The van der Waals surface area contributed by atoms with Crippen molar-refractivity contribution in [2.24, 2.45) is 0 Å². The van der Waals surface area contributed by atoms with Crippen molar-refractivity contribution in [3.8, 4) is 0 Å². The normalized spacial score (nSPS) is 12.6. The zero-order valence-corrected chi connectivity index (χ0v) is 13.7. The molecule has 0 N–H and O–H groups in total. The Bertz CT molecular complexity index is 829. The first-order valence-corrected chi connectivity index (χ1v) is 8.14. The van der Waals surface area contributed by atoms with Crippen LogP contribution in [0, 0.1) is 23.3 Å². The first kappa shape index (κ1) is 19.7. The van der Waals surface area contributed by atoms with Gasteiger partial charge in [-0.2, -0.15) is 4.39 Å². The minimum Gasteiger partial charge on any atom is -0.418 e. The van der Waals surface area contributed by atoms with Crippen molar-refractivity contribution < 1.29 is 34.8 Å². The van der Waals surface area contributed by atoms with Crippen LogP contribution in [0.25, 0.3) is 6.08 Å². The van der Waals surface area contributed by atoms with Crippen LogP contribution in [0.15, 0.2) is 44.4 Å². The summed E-state index contributed by atoms with van der Waals surface area (Å²) < 4.78 is 93.2. The largest absolute Gasteiger partial charge is 0.673 e. The summed E-state index contributed by atoms with van der Waals surface area (Å²) in [6, 6.07) is 5.25. The van der Waals surface area contributed by atoms with Gasteiger partial charge in [0.15, 0.2) is 16.5 Å². The second kappa shape index (κ2) is 7.32. The molecule has 2 aromatic carbocycles. The van der Waals surface area contributed by atoms with Crippen molar-refractivity contribution >= 4 is 36.9 Å². The van der Waals surface area contributed by atoms with Crippen LogP contribution in [-0.2, 0) is 11.8 Å². The summed E-state index contributed by atoms with van der Waals surface area (Å²) >= 11 is 1.20. The summed E-state index contributed by atoms with van der Waals surface area (Å²) in [5, 5.41) is 0. The van der Waals surface area contributed by atoms with E-state index in [9.17, 15) is 34.8 Å². The summed E-state index contributed by atoms with van der Waals surface area (Å²) in [5.41, 5.74) is 0.756. The van der Waals surface area contributed by atoms with E-state index in [0.29, 0.717) is 21.6 Å². The summed E-state index contributed by atoms with van der Waals surface area (Å²) in [7, 11) is -6.00. The highest BCUT2D eigenvalue weighted by molar-refractivity contribution is 8.00. The van der Waals surface area contributed by atoms with E-state index >= 15 is 0 Å². The Kier molecular flexibility index (Phi) is 5.77. The van der Waals surface area contributed by atoms with Gasteiger partial charge in [0.2, 0.25) is 16.5 Å². The Morgan fingerprint density at radius 2 is 1.44 bits per heavy atom. The fourth-order valence-corrected chi connectivity index (χ4v) is 4.51. The molecule has 0 radical (unpaired) electrons. The average molecular weight is 402 g/mol. The molecule has 1 heterocycles. The number of halogens is 8. The van der Waals surface area contributed by atoms with Crippen molar-refractivity contribution in [3.05, 3.63) is 53.6 Å². The fourth-order valence-electron chi connectivity index (χ4n) is 1.92. The number of benzene rings is 2. The molecule has 1 aliphatic rings. The first-order chi connectivity index (χ1) is 11.5. The second-order valence-electron chi connectivity index (χ2n) is 4.54. The Balaban J connectivity index is 0.000000399. The number of hydrogen-bond donors (Lipinski definition) is 0. The standard InChI is InChI=1S/C14H6F4S2.BF4/c1-2-6-4-3-5-7-12(6)20-14-11(18)9(16)8(15)10(17)13(14)19-7;2-1(3,4)5/h2-5H,1H2;/q;-1/p+1. The van der Waals surface area contributed by atoms with E-state index in [2.05, 4.69) is 6.58 Å². The van der Waals surface area contributed by atoms with Gasteiger partial charge in [-0.1, -0.05) is 30.5 Å². The van der Waals surface area contributed by atoms with Crippen LogP contribution in [0.3, 0.4) is 0 Å². The number of thiol groups is 1. The van der Waals surface area contributed by atoms with E-state index in [0.717, 1.165) is 17.3 Å². The molecule has 3 rings (SSSR count). The molecular weight excluding hydrogens is 395 g/mol. The van der Waals surface area contributed by atoms with Crippen LogP contribution in [0.2, 0.25) is 0 Å². The highest BCUT2D eigenvalue weighted by Crippen LogP contribution is 2.45. The first-order valence-electron chi connectivity index (χ1n) is 6.43. The van der Waals surface area contributed by atoms with Crippen molar-refractivity contribution in [1.82, 2.24) is 0 Å². The molecule has 0 aromatic heterocycles. The van der Waals surface area contributed by atoms with E-state index in [1.54, 1.807) is 24.3 Å². The molecule has 0 unspecified atom stereocenters. The number of rotatable bonds is 1. The lowest BCUT2D eigenvalue weighted by molar-refractivity contribution is 0.368. The van der Waals surface area contributed by atoms with Gasteiger partial charge < -0.3 is 17.3 Å². The lowest BCUT2D eigenvalue weighted by Gasteiger charge is -2.15. The predicted octanol–water partition coefficient (Wildman–Crippen LogP) is 5.88. The maximum absolute atomic E-state index is 13.8. The van der Waals surface area contributed by atoms with E-state index in [1.165, 1.54) is 0 Å². The van der Waals surface area contributed by atoms with E-state index in [1.807, 2.05) is 0 Å². The van der Waals surface area contributed by atoms with Gasteiger partial charge in [0.25, 0.3) is 0 Å². The van der Waals surface area contributed by atoms with Gasteiger partial charge in [-0.3, -0.25) is 0 Å². The zero-order valence-electron chi connectivity index (χ0n) is 12.0. The molecule has 25 heavy (non-hydrogen) atoms.